The molecule has 0 amide bonds. The molecule has 0 heterocycles. The molecule has 2 aromatic carbocycles. The summed E-state index contributed by atoms with van der Waals surface area (Å²) in [4.78, 5) is 0. The van der Waals surface area contributed by atoms with Crippen LogP contribution in [0.4, 0.5) is 10.1 Å². The van der Waals surface area contributed by atoms with E-state index in [9.17, 15) is 4.39 Å². The Morgan fingerprint density at radius 2 is 2.00 bits per heavy atom. The van der Waals surface area contributed by atoms with E-state index in [-0.39, 0.29) is 12.4 Å². The van der Waals surface area contributed by atoms with Gasteiger partial charge in [0.2, 0.25) is 0 Å². The average Bonchev–Trinajstić information content (AvgIpc) is 2.41. The highest BCUT2D eigenvalue weighted by atomic mass is 19.1. The first-order valence-corrected chi connectivity index (χ1v) is 5.92. The summed E-state index contributed by atoms with van der Waals surface area (Å²) in [5.74, 6) is 0.692. The van der Waals surface area contributed by atoms with E-state index in [1.807, 2.05) is 19.1 Å². The second-order valence-electron chi connectivity index (χ2n) is 4.23. The number of ether oxygens (including phenoxy) is 2. The van der Waals surface area contributed by atoms with Gasteiger partial charge in [0.15, 0.2) is 0 Å². The highest BCUT2D eigenvalue weighted by molar-refractivity contribution is 5.57. The first-order chi connectivity index (χ1) is 9.11. The van der Waals surface area contributed by atoms with Gasteiger partial charge in [0.1, 0.15) is 23.9 Å². The molecule has 3 nitrogen and oxygen atoms in total. The third kappa shape index (κ3) is 2.96. The Morgan fingerprint density at radius 3 is 2.68 bits per heavy atom. The van der Waals surface area contributed by atoms with Crippen LogP contribution in [0.2, 0.25) is 0 Å². The molecule has 0 aromatic heterocycles. The maximum absolute atomic E-state index is 13.7. The minimum Gasteiger partial charge on any atom is -0.497 e. The van der Waals surface area contributed by atoms with Crippen molar-refractivity contribution < 1.29 is 13.9 Å². The van der Waals surface area contributed by atoms with E-state index < -0.39 is 0 Å². The molecule has 0 aliphatic rings. The monoisotopic (exact) mass is 261 g/mol. The van der Waals surface area contributed by atoms with Crippen LogP contribution in [0, 0.1) is 12.7 Å². The molecule has 2 N–H and O–H groups in total. The van der Waals surface area contributed by atoms with Crippen molar-refractivity contribution in [2.24, 2.45) is 0 Å². The summed E-state index contributed by atoms with van der Waals surface area (Å²) in [6.07, 6.45) is 0. The minimum atomic E-state index is -0.356. The Kier molecular flexibility index (Phi) is 3.90. The lowest BCUT2D eigenvalue weighted by molar-refractivity contribution is 0.300. The van der Waals surface area contributed by atoms with Gasteiger partial charge in [0.05, 0.1) is 12.8 Å². The molecular weight excluding hydrogens is 245 g/mol. The molecule has 0 aliphatic heterocycles. The fraction of sp³-hybridized carbons (Fsp3) is 0.200. The van der Waals surface area contributed by atoms with Crippen LogP contribution in [0.5, 0.6) is 11.5 Å². The number of nitrogens with two attached hydrogens (primary N) is 1. The molecular formula is C15H16FNO2. The molecule has 4 heteroatoms. The molecule has 0 radical (unpaired) electrons. The Balaban J connectivity index is 2.12. The SMILES string of the molecule is COc1ccc(COc2cccc(C)c2N)c(F)c1. The summed E-state index contributed by atoms with van der Waals surface area (Å²) < 4.78 is 24.2. The number of methoxy groups -OCH3 is 1. The van der Waals surface area contributed by atoms with Crippen molar-refractivity contribution in [3.8, 4) is 11.5 Å². The summed E-state index contributed by atoms with van der Waals surface area (Å²) in [6, 6.07) is 10.2. The lowest BCUT2D eigenvalue weighted by Gasteiger charge is -2.11. The molecule has 0 bridgehead atoms. The van der Waals surface area contributed by atoms with Gasteiger partial charge in [-0.05, 0) is 30.7 Å². The number of hydrogen-bond donors (Lipinski definition) is 1. The van der Waals surface area contributed by atoms with Crippen LogP contribution >= 0.6 is 0 Å². The predicted molar refractivity (Wildman–Crippen MR) is 72.9 cm³/mol. The normalized spacial score (nSPS) is 10.3. The van der Waals surface area contributed by atoms with Gasteiger partial charge >= 0.3 is 0 Å². The number of rotatable bonds is 4. The second-order valence-corrected chi connectivity index (χ2v) is 4.23. The molecule has 19 heavy (non-hydrogen) atoms. The summed E-state index contributed by atoms with van der Waals surface area (Å²) >= 11 is 0. The molecule has 2 aromatic rings. The lowest BCUT2D eigenvalue weighted by Crippen LogP contribution is -2.02. The van der Waals surface area contributed by atoms with Gasteiger partial charge in [-0.1, -0.05) is 12.1 Å². The van der Waals surface area contributed by atoms with E-state index in [0.29, 0.717) is 22.7 Å². The lowest BCUT2D eigenvalue weighted by atomic mass is 10.2. The van der Waals surface area contributed by atoms with Gasteiger partial charge in [-0.3, -0.25) is 0 Å². The molecule has 0 saturated carbocycles. The first-order valence-electron chi connectivity index (χ1n) is 5.92. The maximum Gasteiger partial charge on any atom is 0.142 e. The van der Waals surface area contributed by atoms with E-state index in [1.165, 1.54) is 13.2 Å². The van der Waals surface area contributed by atoms with Crippen molar-refractivity contribution in [2.45, 2.75) is 13.5 Å². The first kappa shape index (κ1) is 13.2. The Labute approximate surface area is 111 Å². The zero-order chi connectivity index (χ0) is 13.8. The quantitative estimate of drug-likeness (QED) is 0.859. The Bertz CT molecular complexity index is 584. The van der Waals surface area contributed by atoms with E-state index >= 15 is 0 Å². The van der Waals surface area contributed by atoms with Crippen LogP contribution in [0.15, 0.2) is 36.4 Å². The highest BCUT2D eigenvalue weighted by Crippen LogP contribution is 2.26. The van der Waals surface area contributed by atoms with Crippen molar-refractivity contribution in [1.82, 2.24) is 0 Å². The molecule has 0 saturated heterocycles. The zero-order valence-corrected chi connectivity index (χ0v) is 10.9. The summed E-state index contributed by atoms with van der Waals surface area (Å²) in [5.41, 5.74) is 7.87. The van der Waals surface area contributed by atoms with Crippen LogP contribution in [-0.4, -0.2) is 7.11 Å². The molecule has 0 atom stereocenters. The third-order valence-corrected chi connectivity index (χ3v) is 2.93. The zero-order valence-electron chi connectivity index (χ0n) is 10.9. The average molecular weight is 261 g/mol. The van der Waals surface area contributed by atoms with Crippen molar-refractivity contribution in [1.29, 1.82) is 0 Å². The minimum absolute atomic E-state index is 0.128. The Hall–Kier alpha value is -2.23. The van der Waals surface area contributed by atoms with Gasteiger partial charge in [0.25, 0.3) is 0 Å². The van der Waals surface area contributed by atoms with Crippen LogP contribution in [0.25, 0.3) is 0 Å². The third-order valence-electron chi connectivity index (χ3n) is 2.93. The van der Waals surface area contributed by atoms with Crippen molar-refractivity contribution >= 4 is 5.69 Å². The molecule has 0 aliphatic carbocycles. The van der Waals surface area contributed by atoms with Crippen LogP contribution in [0.1, 0.15) is 11.1 Å². The topological polar surface area (TPSA) is 44.5 Å². The van der Waals surface area contributed by atoms with Gasteiger partial charge in [-0.2, -0.15) is 0 Å². The maximum atomic E-state index is 13.7. The van der Waals surface area contributed by atoms with E-state index in [0.717, 1.165) is 5.56 Å². The molecule has 0 fully saturated rings. The van der Waals surface area contributed by atoms with Crippen LogP contribution in [-0.2, 0) is 6.61 Å². The number of nitrogen functional groups attached to an aromatic ring is 1. The van der Waals surface area contributed by atoms with Crippen LogP contribution < -0.4 is 15.2 Å². The number of para-hydroxylation sites is 1. The summed E-state index contributed by atoms with van der Waals surface area (Å²) in [5, 5.41) is 0. The van der Waals surface area contributed by atoms with Gasteiger partial charge in [-0.25, -0.2) is 4.39 Å². The number of hydrogen-bond acceptors (Lipinski definition) is 3. The molecule has 0 unspecified atom stereocenters. The number of benzene rings is 2. The Morgan fingerprint density at radius 1 is 1.21 bits per heavy atom. The largest absolute Gasteiger partial charge is 0.497 e. The predicted octanol–water partition coefficient (Wildman–Crippen LogP) is 3.30. The van der Waals surface area contributed by atoms with Crippen molar-refractivity contribution in [3.05, 3.63) is 53.3 Å². The molecule has 0 spiro atoms. The summed E-state index contributed by atoms with van der Waals surface area (Å²) in [6.45, 7) is 2.03. The number of anilines is 1. The standard InChI is InChI=1S/C15H16FNO2/c1-10-4-3-5-14(15(10)17)19-9-11-6-7-12(18-2)8-13(11)16/h3-8H,9,17H2,1-2H3. The number of aryl methyl sites for hydroxylation is 1. The van der Waals surface area contributed by atoms with Gasteiger partial charge in [0, 0.05) is 11.6 Å². The second kappa shape index (κ2) is 5.61. The van der Waals surface area contributed by atoms with E-state index in [4.69, 9.17) is 15.2 Å². The molecule has 2 rings (SSSR count). The van der Waals surface area contributed by atoms with E-state index in [1.54, 1.807) is 18.2 Å². The van der Waals surface area contributed by atoms with Crippen molar-refractivity contribution in [2.75, 3.05) is 12.8 Å². The number of halogens is 1. The fourth-order valence-electron chi connectivity index (χ4n) is 1.71. The van der Waals surface area contributed by atoms with Gasteiger partial charge < -0.3 is 15.2 Å². The smallest absolute Gasteiger partial charge is 0.142 e. The van der Waals surface area contributed by atoms with Crippen molar-refractivity contribution in [3.63, 3.8) is 0 Å². The van der Waals surface area contributed by atoms with E-state index in [2.05, 4.69) is 0 Å². The van der Waals surface area contributed by atoms with Gasteiger partial charge in [-0.15, -0.1) is 0 Å². The fourth-order valence-corrected chi connectivity index (χ4v) is 1.71. The summed E-state index contributed by atoms with van der Waals surface area (Å²) in [7, 11) is 1.50. The van der Waals surface area contributed by atoms with Crippen LogP contribution in [0.3, 0.4) is 0 Å². The highest BCUT2D eigenvalue weighted by Gasteiger charge is 2.07. The molecule has 100 valence electrons.